The Morgan fingerprint density at radius 2 is 1.90 bits per heavy atom. The molecule has 0 fully saturated rings. The standard InChI is InChI=1S/C23H19F2N5O/c1-15-5-3-6-16(11-15)22(31)28-18-8-9-21(27-14-18)30-20(23(2,24)25)12-19(29-30)17-7-4-10-26-13-17/h3-14H,1-2H3,(H,28,31). The largest absolute Gasteiger partial charge is 0.321 e. The second kappa shape index (κ2) is 8.06. The fourth-order valence-electron chi connectivity index (χ4n) is 3.10. The number of nitrogens with zero attached hydrogens (tertiary/aromatic N) is 4. The molecule has 0 aliphatic carbocycles. The smallest absolute Gasteiger partial charge is 0.287 e. The fraction of sp³-hybridized carbons (Fsp3) is 0.130. The van der Waals surface area contributed by atoms with Gasteiger partial charge in [-0.05, 0) is 49.4 Å². The molecule has 1 aromatic carbocycles. The first-order valence-electron chi connectivity index (χ1n) is 9.54. The number of nitrogens with one attached hydrogen (secondary N) is 1. The van der Waals surface area contributed by atoms with Gasteiger partial charge in [-0.15, -0.1) is 0 Å². The second-order valence-electron chi connectivity index (χ2n) is 7.19. The lowest BCUT2D eigenvalue weighted by Crippen LogP contribution is -2.16. The molecule has 31 heavy (non-hydrogen) atoms. The zero-order chi connectivity index (χ0) is 22.0. The molecule has 3 heterocycles. The summed E-state index contributed by atoms with van der Waals surface area (Å²) in [5.41, 5.74) is 2.62. The van der Waals surface area contributed by atoms with Crippen molar-refractivity contribution in [3.63, 3.8) is 0 Å². The summed E-state index contributed by atoms with van der Waals surface area (Å²) in [5.74, 6) is -3.20. The molecule has 0 aliphatic rings. The van der Waals surface area contributed by atoms with Gasteiger partial charge in [0.2, 0.25) is 0 Å². The van der Waals surface area contributed by atoms with E-state index in [-0.39, 0.29) is 17.4 Å². The highest BCUT2D eigenvalue weighted by atomic mass is 19.3. The Morgan fingerprint density at radius 3 is 2.55 bits per heavy atom. The summed E-state index contributed by atoms with van der Waals surface area (Å²) >= 11 is 0. The maximum Gasteiger partial charge on any atom is 0.287 e. The Bertz CT molecular complexity index is 1210. The van der Waals surface area contributed by atoms with Gasteiger partial charge in [0.1, 0.15) is 5.69 Å². The monoisotopic (exact) mass is 419 g/mol. The lowest BCUT2D eigenvalue weighted by Gasteiger charge is -2.13. The van der Waals surface area contributed by atoms with E-state index >= 15 is 0 Å². The topological polar surface area (TPSA) is 72.7 Å². The minimum absolute atomic E-state index is 0.209. The minimum atomic E-state index is -3.13. The van der Waals surface area contributed by atoms with E-state index in [2.05, 4.69) is 20.4 Å². The number of carbonyl (C=O) groups is 1. The zero-order valence-electron chi connectivity index (χ0n) is 16.9. The van der Waals surface area contributed by atoms with Gasteiger partial charge in [-0.2, -0.15) is 13.9 Å². The van der Waals surface area contributed by atoms with Crippen LogP contribution >= 0.6 is 0 Å². The van der Waals surface area contributed by atoms with E-state index in [0.29, 0.717) is 22.5 Å². The molecular formula is C23H19F2N5O. The van der Waals surface area contributed by atoms with Crippen molar-refractivity contribution < 1.29 is 13.6 Å². The van der Waals surface area contributed by atoms with Crippen molar-refractivity contribution in [3.05, 3.63) is 90.0 Å². The van der Waals surface area contributed by atoms with Gasteiger partial charge in [0, 0.05) is 30.4 Å². The van der Waals surface area contributed by atoms with E-state index in [1.54, 1.807) is 48.8 Å². The van der Waals surface area contributed by atoms with Crippen molar-refractivity contribution >= 4 is 11.6 Å². The number of carbonyl (C=O) groups excluding carboxylic acids is 1. The maximum atomic E-state index is 14.2. The Balaban J connectivity index is 1.63. The number of aromatic nitrogens is 4. The van der Waals surface area contributed by atoms with Crippen LogP contribution in [0.4, 0.5) is 14.5 Å². The van der Waals surface area contributed by atoms with Crippen LogP contribution in [0.5, 0.6) is 0 Å². The molecular weight excluding hydrogens is 400 g/mol. The molecule has 0 radical (unpaired) electrons. The molecule has 0 aliphatic heterocycles. The summed E-state index contributed by atoms with van der Waals surface area (Å²) < 4.78 is 29.6. The second-order valence-corrected chi connectivity index (χ2v) is 7.19. The highest BCUT2D eigenvalue weighted by Crippen LogP contribution is 2.32. The van der Waals surface area contributed by atoms with Crippen LogP contribution in [0.15, 0.2) is 73.2 Å². The third kappa shape index (κ3) is 4.48. The molecule has 0 saturated carbocycles. The molecule has 0 spiro atoms. The number of amides is 1. The molecule has 4 aromatic rings. The van der Waals surface area contributed by atoms with Gasteiger partial charge < -0.3 is 5.32 Å². The normalized spacial score (nSPS) is 11.4. The Morgan fingerprint density at radius 1 is 1.06 bits per heavy atom. The average Bonchev–Trinajstić information content (AvgIpc) is 3.21. The van der Waals surface area contributed by atoms with E-state index in [1.807, 2.05) is 13.0 Å². The molecule has 1 amide bonds. The van der Waals surface area contributed by atoms with Crippen LogP contribution < -0.4 is 5.32 Å². The number of anilines is 1. The van der Waals surface area contributed by atoms with Gasteiger partial charge in [0.05, 0.1) is 17.6 Å². The molecule has 1 N–H and O–H groups in total. The lowest BCUT2D eigenvalue weighted by molar-refractivity contribution is 0.0101. The molecule has 0 atom stereocenters. The Hall–Kier alpha value is -3.94. The number of pyridine rings is 2. The Labute approximate surface area is 177 Å². The summed E-state index contributed by atoms with van der Waals surface area (Å²) in [7, 11) is 0. The van der Waals surface area contributed by atoms with Gasteiger partial charge >= 0.3 is 0 Å². The van der Waals surface area contributed by atoms with E-state index < -0.39 is 5.92 Å². The lowest BCUT2D eigenvalue weighted by atomic mass is 10.1. The van der Waals surface area contributed by atoms with Gasteiger partial charge in [-0.1, -0.05) is 17.7 Å². The van der Waals surface area contributed by atoms with E-state index in [4.69, 9.17) is 0 Å². The molecule has 156 valence electrons. The van der Waals surface area contributed by atoms with Gasteiger partial charge in [-0.25, -0.2) is 9.67 Å². The fourth-order valence-corrected chi connectivity index (χ4v) is 3.10. The number of alkyl halides is 2. The van der Waals surface area contributed by atoms with Crippen molar-refractivity contribution in [2.75, 3.05) is 5.32 Å². The highest BCUT2D eigenvalue weighted by Gasteiger charge is 2.31. The zero-order valence-corrected chi connectivity index (χ0v) is 16.9. The maximum absolute atomic E-state index is 14.2. The number of hydrogen-bond donors (Lipinski definition) is 1. The minimum Gasteiger partial charge on any atom is -0.321 e. The average molecular weight is 419 g/mol. The quantitative estimate of drug-likeness (QED) is 0.494. The van der Waals surface area contributed by atoms with Gasteiger partial charge in [0.25, 0.3) is 11.8 Å². The van der Waals surface area contributed by atoms with Crippen LogP contribution in [0.2, 0.25) is 0 Å². The van der Waals surface area contributed by atoms with Crippen LogP contribution in [0.1, 0.15) is 28.5 Å². The number of hydrogen-bond acceptors (Lipinski definition) is 4. The van der Waals surface area contributed by atoms with Crippen LogP contribution in [0.25, 0.3) is 17.1 Å². The number of benzene rings is 1. The number of aryl methyl sites for hydroxylation is 1. The van der Waals surface area contributed by atoms with Gasteiger partial charge in [-0.3, -0.25) is 9.78 Å². The van der Waals surface area contributed by atoms with Crippen LogP contribution in [0.3, 0.4) is 0 Å². The third-order valence-corrected chi connectivity index (χ3v) is 4.62. The summed E-state index contributed by atoms with van der Waals surface area (Å²) in [6, 6.07) is 15.1. The first-order chi connectivity index (χ1) is 14.8. The molecule has 0 saturated heterocycles. The summed E-state index contributed by atoms with van der Waals surface area (Å²) in [6.07, 6.45) is 4.56. The summed E-state index contributed by atoms with van der Waals surface area (Å²) in [5, 5.41) is 7.06. The van der Waals surface area contributed by atoms with Crippen LogP contribution in [-0.2, 0) is 5.92 Å². The molecule has 4 rings (SSSR count). The van der Waals surface area contributed by atoms with E-state index in [0.717, 1.165) is 17.2 Å². The molecule has 0 bridgehead atoms. The number of rotatable bonds is 5. The van der Waals surface area contributed by atoms with Crippen LogP contribution in [-0.4, -0.2) is 25.7 Å². The first-order valence-corrected chi connectivity index (χ1v) is 9.54. The van der Waals surface area contributed by atoms with E-state index in [1.165, 1.54) is 18.3 Å². The summed E-state index contributed by atoms with van der Waals surface area (Å²) in [6.45, 7) is 2.71. The van der Waals surface area contributed by atoms with E-state index in [9.17, 15) is 13.6 Å². The predicted molar refractivity (Wildman–Crippen MR) is 113 cm³/mol. The SMILES string of the molecule is Cc1cccc(C(=O)Nc2ccc(-n3nc(-c4cccnc4)cc3C(C)(F)F)nc2)c1. The Kier molecular flexibility index (Phi) is 5.29. The number of halogens is 2. The predicted octanol–water partition coefficient (Wildman–Crippen LogP) is 5.00. The summed E-state index contributed by atoms with van der Waals surface area (Å²) in [4.78, 5) is 20.6. The van der Waals surface area contributed by atoms with Crippen molar-refractivity contribution in [1.82, 2.24) is 19.7 Å². The third-order valence-electron chi connectivity index (χ3n) is 4.62. The molecule has 8 heteroatoms. The van der Waals surface area contributed by atoms with Gasteiger partial charge in [0.15, 0.2) is 5.82 Å². The molecule has 6 nitrogen and oxygen atoms in total. The van der Waals surface area contributed by atoms with Crippen molar-refractivity contribution in [1.29, 1.82) is 0 Å². The molecule has 0 unspecified atom stereocenters. The first kappa shape index (κ1) is 20.3. The highest BCUT2D eigenvalue weighted by molar-refractivity contribution is 6.04. The molecule has 3 aromatic heterocycles. The van der Waals surface area contributed by atoms with Crippen molar-refractivity contribution in [2.45, 2.75) is 19.8 Å². The van der Waals surface area contributed by atoms with Crippen LogP contribution in [0, 0.1) is 6.92 Å². The van der Waals surface area contributed by atoms with Crippen molar-refractivity contribution in [2.24, 2.45) is 0 Å². The van der Waals surface area contributed by atoms with Crippen molar-refractivity contribution in [3.8, 4) is 17.1 Å².